The van der Waals surface area contributed by atoms with Crippen molar-refractivity contribution in [2.24, 2.45) is 0 Å². The Bertz CT molecular complexity index is 952. The summed E-state index contributed by atoms with van der Waals surface area (Å²) >= 11 is 6.01. The van der Waals surface area contributed by atoms with Crippen molar-refractivity contribution in [1.29, 1.82) is 0 Å². The lowest BCUT2D eigenvalue weighted by Gasteiger charge is -2.15. The molecule has 1 N–H and O–H groups in total. The summed E-state index contributed by atoms with van der Waals surface area (Å²) in [4.78, 5) is 16.8. The first-order valence-corrected chi connectivity index (χ1v) is 9.46. The van der Waals surface area contributed by atoms with E-state index in [0.717, 1.165) is 35.4 Å². The van der Waals surface area contributed by atoms with Crippen LogP contribution in [-0.2, 0) is 11.3 Å². The van der Waals surface area contributed by atoms with Crippen LogP contribution in [0.5, 0.6) is 5.75 Å². The summed E-state index contributed by atoms with van der Waals surface area (Å²) in [5.74, 6) is 1.49. The lowest BCUT2D eigenvalue weighted by Crippen LogP contribution is -2.37. The van der Waals surface area contributed by atoms with Gasteiger partial charge >= 0.3 is 0 Å². The molecule has 0 aliphatic carbocycles. The van der Waals surface area contributed by atoms with Gasteiger partial charge in [0.05, 0.1) is 11.0 Å². The van der Waals surface area contributed by atoms with E-state index < -0.39 is 6.10 Å². The number of halogens is 1. The number of carbonyl (C=O) groups is 1. The molecule has 6 heteroatoms. The molecule has 3 rings (SSSR count). The van der Waals surface area contributed by atoms with E-state index in [1.807, 2.05) is 38.1 Å². The predicted octanol–water partition coefficient (Wildman–Crippen LogP) is 4.28. The van der Waals surface area contributed by atoms with Crippen LogP contribution < -0.4 is 10.1 Å². The molecule has 3 aromatic rings. The van der Waals surface area contributed by atoms with Crippen LogP contribution in [0.1, 0.15) is 24.7 Å². The zero-order valence-electron chi connectivity index (χ0n) is 15.8. The van der Waals surface area contributed by atoms with Gasteiger partial charge in [-0.25, -0.2) is 4.98 Å². The Balaban J connectivity index is 1.48. The molecule has 27 heavy (non-hydrogen) atoms. The fourth-order valence-corrected chi connectivity index (χ4v) is 3.14. The number of hydrogen-bond donors (Lipinski definition) is 1. The number of aromatic nitrogens is 2. The minimum absolute atomic E-state index is 0.130. The smallest absolute Gasteiger partial charge is 0.260 e. The SMILES string of the molecule is Cc1cc(OC(C)C(=O)NCCCn2c(C)nc3ccccc32)ccc1Cl. The summed E-state index contributed by atoms with van der Waals surface area (Å²) in [5.41, 5.74) is 3.04. The number of hydrogen-bond acceptors (Lipinski definition) is 3. The molecule has 1 atom stereocenters. The molecule has 0 saturated carbocycles. The largest absolute Gasteiger partial charge is 0.481 e. The molecule has 0 aliphatic rings. The summed E-state index contributed by atoms with van der Waals surface area (Å²) in [7, 11) is 0. The van der Waals surface area contributed by atoms with E-state index in [4.69, 9.17) is 16.3 Å². The highest BCUT2D eigenvalue weighted by Crippen LogP contribution is 2.22. The summed E-state index contributed by atoms with van der Waals surface area (Å²) < 4.78 is 7.88. The molecular formula is C21H24ClN3O2. The maximum Gasteiger partial charge on any atom is 0.260 e. The van der Waals surface area contributed by atoms with Gasteiger partial charge in [-0.1, -0.05) is 23.7 Å². The van der Waals surface area contributed by atoms with Gasteiger partial charge in [0.1, 0.15) is 11.6 Å². The van der Waals surface area contributed by atoms with E-state index in [1.54, 1.807) is 19.1 Å². The van der Waals surface area contributed by atoms with Gasteiger partial charge in [-0.3, -0.25) is 4.79 Å². The van der Waals surface area contributed by atoms with E-state index in [9.17, 15) is 4.79 Å². The van der Waals surface area contributed by atoms with Gasteiger partial charge in [0.2, 0.25) is 0 Å². The van der Waals surface area contributed by atoms with Crippen molar-refractivity contribution >= 4 is 28.5 Å². The average molecular weight is 386 g/mol. The van der Waals surface area contributed by atoms with Crippen molar-refractivity contribution in [2.75, 3.05) is 6.54 Å². The second-order valence-corrected chi connectivity index (χ2v) is 7.02. The Kier molecular flexibility index (Phi) is 6.01. The van der Waals surface area contributed by atoms with Crippen molar-refractivity contribution in [3.05, 3.63) is 58.9 Å². The second kappa shape index (κ2) is 8.44. The number of ether oxygens (including phenoxy) is 1. The van der Waals surface area contributed by atoms with Crippen LogP contribution in [0.4, 0.5) is 0 Å². The Morgan fingerprint density at radius 3 is 2.81 bits per heavy atom. The Morgan fingerprint density at radius 2 is 2.04 bits per heavy atom. The number of nitrogens with zero attached hydrogens (tertiary/aromatic N) is 2. The van der Waals surface area contributed by atoms with Crippen molar-refractivity contribution in [1.82, 2.24) is 14.9 Å². The molecule has 0 bridgehead atoms. The number of amides is 1. The first-order chi connectivity index (χ1) is 13.0. The minimum Gasteiger partial charge on any atom is -0.481 e. The maximum atomic E-state index is 12.3. The highest BCUT2D eigenvalue weighted by Gasteiger charge is 2.14. The number of fused-ring (bicyclic) bond motifs is 1. The van der Waals surface area contributed by atoms with Crippen molar-refractivity contribution in [3.63, 3.8) is 0 Å². The summed E-state index contributed by atoms with van der Waals surface area (Å²) in [5, 5.41) is 3.62. The summed E-state index contributed by atoms with van der Waals surface area (Å²) in [6.45, 7) is 7.04. The van der Waals surface area contributed by atoms with Gasteiger partial charge < -0.3 is 14.6 Å². The lowest BCUT2D eigenvalue weighted by atomic mass is 10.2. The third-order valence-corrected chi connectivity index (χ3v) is 4.94. The number of nitrogens with one attached hydrogen (secondary N) is 1. The number of imidazole rings is 1. The van der Waals surface area contributed by atoms with Crippen LogP contribution >= 0.6 is 11.6 Å². The van der Waals surface area contributed by atoms with Crippen LogP contribution in [0.25, 0.3) is 11.0 Å². The van der Waals surface area contributed by atoms with Crippen LogP contribution in [0, 0.1) is 13.8 Å². The topological polar surface area (TPSA) is 56.1 Å². The molecule has 0 saturated heterocycles. The number of para-hydroxylation sites is 2. The van der Waals surface area contributed by atoms with E-state index in [0.29, 0.717) is 17.3 Å². The standard InChI is InChI=1S/C21H24ClN3O2/c1-14-13-17(9-10-18(14)22)27-15(2)21(26)23-11-6-12-25-16(3)24-19-7-4-5-8-20(19)25/h4-5,7-10,13,15H,6,11-12H2,1-3H3,(H,23,26). The molecular weight excluding hydrogens is 362 g/mol. The van der Waals surface area contributed by atoms with Gasteiger partial charge in [-0.2, -0.15) is 0 Å². The van der Waals surface area contributed by atoms with Crippen LogP contribution in [0.3, 0.4) is 0 Å². The quantitative estimate of drug-likeness (QED) is 0.617. The van der Waals surface area contributed by atoms with E-state index in [-0.39, 0.29) is 5.91 Å². The average Bonchev–Trinajstić information content (AvgIpc) is 2.97. The zero-order chi connectivity index (χ0) is 19.4. The monoisotopic (exact) mass is 385 g/mol. The molecule has 142 valence electrons. The lowest BCUT2D eigenvalue weighted by molar-refractivity contribution is -0.127. The molecule has 1 amide bonds. The Morgan fingerprint density at radius 1 is 1.26 bits per heavy atom. The van der Waals surface area contributed by atoms with Crippen molar-refractivity contribution in [3.8, 4) is 5.75 Å². The van der Waals surface area contributed by atoms with E-state index in [2.05, 4.69) is 20.9 Å². The molecule has 0 aliphatic heterocycles. The van der Waals surface area contributed by atoms with Crippen LogP contribution in [-0.4, -0.2) is 28.1 Å². The third-order valence-electron chi connectivity index (χ3n) is 4.51. The van der Waals surface area contributed by atoms with Crippen LogP contribution in [0.15, 0.2) is 42.5 Å². The number of aryl methyl sites for hydroxylation is 3. The molecule has 2 aromatic carbocycles. The molecule has 5 nitrogen and oxygen atoms in total. The van der Waals surface area contributed by atoms with Crippen molar-refractivity contribution < 1.29 is 9.53 Å². The highest BCUT2D eigenvalue weighted by molar-refractivity contribution is 6.31. The van der Waals surface area contributed by atoms with E-state index in [1.165, 1.54) is 0 Å². The Hall–Kier alpha value is -2.53. The van der Waals surface area contributed by atoms with Gasteiger partial charge in [0.15, 0.2) is 6.10 Å². The Labute approximate surface area is 164 Å². The number of benzene rings is 2. The summed E-state index contributed by atoms with van der Waals surface area (Å²) in [6.07, 6.45) is 0.251. The molecule has 1 aromatic heterocycles. The van der Waals surface area contributed by atoms with Crippen LogP contribution in [0.2, 0.25) is 5.02 Å². The highest BCUT2D eigenvalue weighted by atomic mass is 35.5. The fourth-order valence-electron chi connectivity index (χ4n) is 3.02. The van der Waals surface area contributed by atoms with E-state index >= 15 is 0 Å². The molecule has 0 spiro atoms. The van der Waals surface area contributed by atoms with Gasteiger partial charge in [0.25, 0.3) is 5.91 Å². The summed E-state index contributed by atoms with van der Waals surface area (Å²) in [6, 6.07) is 13.5. The molecule has 1 heterocycles. The van der Waals surface area contributed by atoms with Gasteiger partial charge in [-0.05, 0) is 63.1 Å². The third kappa shape index (κ3) is 4.61. The van der Waals surface area contributed by atoms with Gasteiger partial charge in [-0.15, -0.1) is 0 Å². The fraction of sp³-hybridized carbons (Fsp3) is 0.333. The molecule has 0 fully saturated rings. The second-order valence-electron chi connectivity index (χ2n) is 6.62. The normalized spacial score (nSPS) is 12.1. The van der Waals surface area contributed by atoms with Crippen molar-refractivity contribution in [2.45, 2.75) is 39.8 Å². The number of carbonyl (C=O) groups excluding carboxylic acids is 1. The first kappa shape index (κ1) is 19.2. The first-order valence-electron chi connectivity index (χ1n) is 9.08. The predicted molar refractivity (Wildman–Crippen MR) is 108 cm³/mol. The maximum absolute atomic E-state index is 12.3. The number of rotatable bonds is 7. The van der Waals surface area contributed by atoms with Gasteiger partial charge in [0, 0.05) is 18.1 Å². The zero-order valence-corrected chi connectivity index (χ0v) is 16.6. The minimum atomic E-state index is -0.568. The molecule has 1 unspecified atom stereocenters. The molecule has 0 radical (unpaired) electrons.